The third-order valence-corrected chi connectivity index (χ3v) is 4.96. The van der Waals surface area contributed by atoms with E-state index in [0.29, 0.717) is 5.41 Å². The summed E-state index contributed by atoms with van der Waals surface area (Å²) < 4.78 is 0. The molecule has 17 heavy (non-hydrogen) atoms. The largest absolute Gasteiger partial charge is 0.310 e. The van der Waals surface area contributed by atoms with E-state index in [1.165, 1.54) is 58.0 Å². The van der Waals surface area contributed by atoms with Crippen molar-refractivity contribution < 1.29 is 0 Å². The monoisotopic (exact) mass is 236 g/mol. The molecule has 0 bridgehead atoms. The van der Waals surface area contributed by atoms with Crippen molar-refractivity contribution in [3.05, 3.63) is 0 Å². The number of piperidine rings is 1. The van der Waals surface area contributed by atoms with Crippen LogP contribution in [-0.2, 0) is 0 Å². The molecule has 2 heteroatoms. The van der Waals surface area contributed by atoms with Gasteiger partial charge in [0.05, 0.1) is 0 Å². The molecule has 0 aromatic carbocycles. The summed E-state index contributed by atoms with van der Waals surface area (Å²) in [6.45, 7) is 7.55. The van der Waals surface area contributed by atoms with Crippen molar-refractivity contribution in [2.75, 3.05) is 13.1 Å². The highest BCUT2D eigenvalue weighted by Crippen LogP contribution is 2.40. The van der Waals surface area contributed by atoms with Crippen LogP contribution >= 0.6 is 0 Å². The van der Waals surface area contributed by atoms with E-state index in [4.69, 9.17) is 0 Å². The van der Waals surface area contributed by atoms with E-state index in [1.807, 2.05) is 0 Å². The fourth-order valence-electron chi connectivity index (χ4n) is 3.77. The second-order valence-corrected chi connectivity index (χ2v) is 7.34. The van der Waals surface area contributed by atoms with E-state index in [9.17, 15) is 0 Å². The molecule has 0 aromatic rings. The Hall–Kier alpha value is -0.0800. The van der Waals surface area contributed by atoms with Gasteiger partial charge in [-0.15, -0.1) is 0 Å². The summed E-state index contributed by atoms with van der Waals surface area (Å²) in [6, 6.07) is 2.55. The molecule has 2 aliphatic carbocycles. The third kappa shape index (κ3) is 3.03. The molecule has 0 radical (unpaired) electrons. The first-order valence-electron chi connectivity index (χ1n) is 7.62. The van der Waals surface area contributed by atoms with Crippen molar-refractivity contribution in [1.29, 1.82) is 0 Å². The zero-order valence-corrected chi connectivity index (χ0v) is 11.5. The maximum Gasteiger partial charge on any atom is 0.0198 e. The summed E-state index contributed by atoms with van der Waals surface area (Å²) in [5, 5.41) is 3.83. The molecule has 1 heterocycles. The molecule has 0 amide bonds. The van der Waals surface area contributed by atoms with Gasteiger partial charge in [-0.3, -0.25) is 4.90 Å². The van der Waals surface area contributed by atoms with Crippen molar-refractivity contribution in [2.45, 2.75) is 76.9 Å². The number of hydrogen-bond acceptors (Lipinski definition) is 2. The topological polar surface area (TPSA) is 15.3 Å². The lowest BCUT2D eigenvalue weighted by Gasteiger charge is -2.37. The smallest absolute Gasteiger partial charge is 0.0198 e. The number of hydrogen-bond donors (Lipinski definition) is 1. The Balaban J connectivity index is 1.52. The van der Waals surface area contributed by atoms with Crippen LogP contribution in [0.4, 0.5) is 0 Å². The van der Waals surface area contributed by atoms with Crippen LogP contribution in [0.2, 0.25) is 0 Å². The highest BCUT2D eigenvalue weighted by molar-refractivity contribution is 4.93. The van der Waals surface area contributed by atoms with E-state index in [2.05, 4.69) is 24.1 Å². The summed E-state index contributed by atoms with van der Waals surface area (Å²) in [7, 11) is 0. The summed E-state index contributed by atoms with van der Waals surface area (Å²) >= 11 is 0. The maximum absolute atomic E-state index is 3.83. The molecule has 98 valence electrons. The first-order chi connectivity index (χ1) is 8.12. The standard InChI is InChI=1S/C15H28N2/c1-15(2)8-7-14(10-15)17-9-3-4-13(11-17)16-12-5-6-12/h12-14,16H,3-11H2,1-2H3. The lowest BCUT2D eigenvalue weighted by atomic mass is 9.91. The van der Waals surface area contributed by atoms with Crippen LogP contribution in [0.15, 0.2) is 0 Å². The molecule has 0 spiro atoms. The van der Waals surface area contributed by atoms with Gasteiger partial charge in [0, 0.05) is 24.7 Å². The Kier molecular flexibility index (Phi) is 3.20. The summed E-state index contributed by atoms with van der Waals surface area (Å²) in [5.41, 5.74) is 0.599. The number of nitrogens with one attached hydrogen (secondary N) is 1. The summed E-state index contributed by atoms with van der Waals surface area (Å²) in [6.07, 6.45) is 9.94. The molecular formula is C15H28N2. The van der Waals surface area contributed by atoms with E-state index in [0.717, 1.165) is 18.1 Å². The lowest BCUT2D eigenvalue weighted by molar-refractivity contribution is 0.131. The van der Waals surface area contributed by atoms with Gasteiger partial charge >= 0.3 is 0 Å². The molecule has 2 unspecified atom stereocenters. The minimum Gasteiger partial charge on any atom is -0.310 e. The lowest BCUT2D eigenvalue weighted by Crippen LogP contribution is -2.49. The Morgan fingerprint density at radius 2 is 1.88 bits per heavy atom. The average Bonchev–Trinajstić information content (AvgIpc) is 3.01. The normalized spacial score (nSPS) is 38.5. The highest BCUT2D eigenvalue weighted by atomic mass is 15.2. The molecule has 2 nitrogen and oxygen atoms in total. The SMILES string of the molecule is CC1(C)CCC(N2CCCC(NC3CC3)C2)C1. The van der Waals surface area contributed by atoms with Gasteiger partial charge in [0.25, 0.3) is 0 Å². The summed E-state index contributed by atoms with van der Waals surface area (Å²) in [4.78, 5) is 2.79. The van der Waals surface area contributed by atoms with Gasteiger partial charge in [-0.1, -0.05) is 13.8 Å². The highest BCUT2D eigenvalue weighted by Gasteiger charge is 2.36. The molecule has 1 N–H and O–H groups in total. The molecule has 3 rings (SSSR count). The van der Waals surface area contributed by atoms with Crippen LogP contribution in [-0.4, -0.2) is 36.1 Å². The third-order valence-electron chi connectivity index (χ3n) is 4.96. The number of likely N-dealkylation sites (tertiary alicyclic amines) is 1. The molecule has 2 atom stereocenters. The van der Waals surface area contributed by atoms with Crippen LogP contribution in [0.5, 0.6) is 0 Å². The molecule has 3 aliphatic rings. The van der Waals surface area contributed by atoms with Gasteiger partial charge in [0.2, 0.25) is 0 Å². The van der Waals surface area contributed by atoms with Gasteiger partial charge in [0.1, 0.15) is 0 Å². The van der Waals surface area contributed by atoms with E-state index >= 15 is 0 Å². The van der Waals surface area contributed by atoms with Gasteiger partial charge in [-0.05, 0) is 56.9 Å². The first kappa shape index (κ1) is 12.0. The minimum absolute atomic E-state index is 0.599. The average molecular weight is 236 g/mol. The van der Waals surface area contributed by atoms with Crippen LogP contribution in [0.3, 0.4) is 0 Å². The van der Waals surface area contributed by atoms with Gasteiger partial charge in [-0.2, -0.15) is 0 Å². The first-order valence-corrected chi connectivity index (χ1v) is 7.62. The van der Waals surface area contributed by atoms with Gasteiger partial charge in [-0.25, -0.2) is 0 Å². The Labute approximate surface area is 106 Å². The minimum atomic E-state index is 0.599. The Bertz CT molecular complexity index is 270. The zero-order chi connectivity index (χ0) is 11.9. The zero-order valence-electron chi connectivity index (χ0n) is 11.5. The van der Waals surface area contributed by atoms with Crippen molar-refractivity contribution in [3.63, 3.8) is 0 Å². The molecule has 1 aliphatic heterocycles. The van der Waals surface area contributed by atoms with Crippen molar-refractivity contribution in [2.24, 2.45) is 5.41 Å². The van der Waals surface area contributed by atoms with Gasteiger partial charge < -0.3 is 5.32 Å². The maximum atomic E-state index is 3.83. The van der Waals surface area contributed by atoms with Crippen molar-refractivity contribution in [1.82, 2.24) is 10.2 Å². The van der Waals surface area contributed by atoms with Crippen LogP contribution in [0, 0.1) is 5.41 Å². The van der Waals surface area contributed by atoms with Crippen LogP contribution in [0.1, 0.15) is 58.8 Å². The second kappa shape index (κ2) is 4.55. The van der Waals surface area contributed by atoms with E-state index in [1.54, 1.807) is 0 Å². The second-order valence-electron chi connectivity index (χ2n) is 7.34. The quantitative estimate of drug-likeness (QED) is 0.810. The predicted octanol–water partition coefficient (Wildman–Crippen LogP) is 2.78. The van der Waals surface area contributed by atoms with Crippen LogP contribution < -0.4 is 5.32 Å². The summed E-state index contributed by atoms with van der Waals surface area (Å²) in [5.74, 6) is 0. The number of nitrogens with zero attached hydrogens (tertiary/aromatic N) is 1. The fraction of sp³-hybridized carbons (Fsp3) is 1.00. The molecular weight excluding hydrogens is 208 g/mol. The Morgan fingerprint density at radius 1 is 1.06 bits per heavy atom. The van der Waals surface area contributed by atoms with Gasteiger partial charge in [0.15, 0.2) is 0 Å². The fourth-order valence-corrected chi connectivity index (χ4v) is 3.77. The predicted molar refractivity (Wildman–Crippen MR) is 72.2 cm³/mol. The Morgan fingerprint density at radius 3 is 2.53 bits per heavy atom. The van der Waals surface area contributed by atoms with E-state index in [-0.39, 0.29) is 0 Å². The van der Waals surface area contributed by atoms with E-state index < -0.39 is 0 Å². The molecule has 2 saturated carbocycles. The van der Waals surface area contributed by atoms with Crippen molar-refractivity contribution >= 4 is 0 Å². The molecule has 0 aromatic heterocycles. The number of rotatable bonds is 3. The molecule has 1 saturated heterocycles. The van der Waals surface area contributed by atoms with Crippen LogP contribution in [0.25, 0.3) is 0 Å². The molecule has 3 fully saturated rings. The van der Waals surface area contributed by atoms with Crippen molar-refractivity contribution in [3.8, 4) is 0 Å².